The molecule has 40 heavy (non-hydrogen) atoms. The summed E-state index contributed by atoms with van der Waals surface area (Å²) in [6.45, 7) is 6.43. The van der Waals surface area contributed by atoms with Crippen LogP contribution >= 0.6 is 0 Å². The number of ether oxygens (including phenoxy) is 2. The number of aromatic nitrogens is 2. The Hall–Kier alpha value is -4.78. The van der Waals surface area contributed by atoms with E-state index in [0.717, 1.165) is 33.6 Å². The van der Waals surface area contributed by atoms with Crippen LogP contribution in [-0.2, 0) is 6.61 Å². The fourth-order valence-corrected chi connectivity index (χ4v) is 4.54. The van der Waals surface area contributed by atoms with E-state index >= 15 is 0 Å². The first kappa shape index (κ1) is 26.8. The molecule has 5 rings (SSSR count). The number of aryl methyl sites for hydroxylation is 1. The van der Waals surface area contributed by atoms with Crippen molar-refractivity contribution in [2.24, 2.45) is 5.10 Å². The maximum Gasteiger partial charge on any atom is 0.282 e. The highest BCUT2D eigenvalue weighted by Crippen LogP contribution is 2.34. The van der Waals surface area contributed by atoms with Crippen LogP contribution in [-0.4, -0.2) is 23.0 Å². The van der Waals surface area contributed by atoms with Gasteiger partial charge in [-0.1, -0.05) is 38.1 Å². The summed E-state index contributed by atoms with van der Waals surface area (Å²) in [6.07, 6.45) is 1.62. The lowest BCUT2D eigenvalue weighted by Gasteiger charge is -2.17. The molecule has 4 aromatic carbocycles. The molecule has 0 aliphatic carbocycles. The number of fused-ring (bicyclic) bond motifs is 1. The third kappa shape index (κ3) is 5.64. The Morgan fingerprint density at radius 1 is 1.00 bits per heavy atom. The van der Waals surface area contributed by atoms with Crippen molar-refractivity contribution in [1.82, 2.24) is 9.66 Å². The van der Waals surface area contributed by atoms with Gasteiger partial charge in [0, 0.05) is 5.56 Å². The summed E-state index contributed by atoms with van der Waals surface area (Å²) < 4.78 is 26.2. The van der Waals surface area contributed by atoms with Crippen LogP contribution in [0.2, 0.25) is 0 Å². The number of hydrogen-bond donors (Lipinski definition) is 0. The standard InChI is InChI=1S/C33H30FN3O3/c1-21(2)28-18-29(22(3)16-31(28)39-4)32-36-30-11-6-5-10-27(30)33(38)37(32)35-19-23-12-14-26(15-13-23)40-20-24-8-7-9-25(34)17-24/h5-19,21H,20H2,1-4H3. The third-order valence-corrected chi connectivity index (χ3v) is 6.69. The zero-order valence-corrected chi connectivity index (χ0v) is 22.9. The molecule has 0 atom stereocenters. The summed E-state index contributed by atoms with van der Waals surface area (Å²) >= 11 is 0. The highest BCUT2D eigenvalue weighted by Gasteiger charge is 2.18. The summed E-state index contributed by atoms with van der Waals surface area (Å²) in [5, 5.41) is 5.08. The predicted octanol–water partition coefficient (Wildman–Crippen LogP) is 7.10. The maximum absolute atomic E-state index is 13.6. The molecule has 0 amide bonds. The number of methoxy groups -OCH3 is 1. The van der Waals surface area contributed by atoms with Crippen LogP contribution in [0.25, 0.3) is 22.3 Å². The fraction of sp³-hybridized carbons (Fsp3) is 0.182. The maximum atomic E-state index is 13.6. The molecular formula is C33H30FN3O3. The normalized spacial score (nSPS) is 11.4. The molecule has 0 spiro atoms. The van der Waals surface area contributed by atoms with E-state index < -0.39 is 0 Å². The summed E-state index contributed by atoms with van der Waals surface area (Å²) in [5.74, 6) is 1.81. The summed E-state index contributed by atoms with van der Waals surface area (Å²) in [5.41, 5.74) is 4.63. The SMILES string of the molecule is COc1cc(C)c(-c2nc3ccccc3c(=O)n2N=Cc2ccc(OCc3cccc(F)c3)cc2)cc1C(C)C. The highest BCUT2D eigenvalue weighted by atomic mass is 19.1. The molecule has 0 saturated carbocycles. The van der Waals surface area contributed by atoms with Crippen LogP contribution in [0.15, 0.2) is 94.8 Å². The van der Waals surface area contributed by atoms with Crippen LogP contribution in [0.3, 0.4) is 0 Å². The second-order valence-electron chi connectivity index (χ2n) is 9.87. The minimum Gasteiger partial charge on any atom is -0.496 e. The molecule has 0 unspecified atom stereocenters. The molecule has 0 saturated heterocycles. The molecule has 0 radical (unpaired) electrons. The Bertz CT molecular complexity index is 1760. The average molecular weight is 536 g/mol. The first-order valence-electron chi connectivity index (χ1n) is 13.1. The van der Waals surface area contributed by atoms with Crippen molar-refractivity contribution >= 4 is 17.1 Å². The molecule has 6 nitrogen and oxygen atoms in total. The van der Waals surface area contributed by atoms with Crippen LogP contribution in [0.5, 0.6) is 11.5 Å². The second kappa shape index (κ2) is 11.5. The molecule has 1 aromatic heterocycles. The predicted molar refractivity (Wildman–Crippen MR) is 157 cm³/mol. The minimum absolute atomic E-state index is 0.208. The van der Waals surface area contributed by atoms with Gasteiger partial charge in [-0.05, 0) is 95.8 Å². The first-order chi connectivity index (χ1) is 19.3. The van der Waals surface area contributed by atoms with Crippen molar-refractivity contribution in [3.8, 4) is 22.9 Å². The van der Waals surface area contributed by atoms with E-state index in [4.69, 9.17) is 14.5 Å². The number of rotatable bonds is 8. The number of halogens is 1. The van der Waals surface area contributed by atoms with E-state index in [2.05, 4.69) is 18.9 Å². The molecule has 5 aromatic rings. The Balaban J connectivity index is 1.51. The van der Waals surface area contributed by atoms with E-state index in [1.54, 1.807) is 25.5 Å². The average Bonchev–Trinajstić information content (AvgIpc) is 2.96. The van der Waals surface area contributed by atoms with Gasteiger partial charge < -0.3 is 9.47 Å². The molecular weight excluding hydrogens is 505 g/mol. The van der Waals surface area contributed by atoms with Crippen molar-refractivity contribution in [3.63, 3.8) is 0 Å². The largest absolute Gasteiger partial charge is 0.496 e. The first-order valence-corrected chi connectivity index (χ1v) is 13.1. The molecule has 0 aliphatic heterocycles. The number of hydrogen-bond acceptors (Lipinski definition) is 5. The Morgan fingerprint density at radius 3 is 2.50 bits per heavy atom. The van der Waals surface area contributed by atoms with Gasteiger partial charge in [0.05, 0.1) is 24.2 Å². The quantitative estimate of drug-likeness (QED) is 0.199. The molecule has 0 bridgehead atoms. The minimum atomic E-state index is -0.296. The van der Waals surface area contributed by atoms with Crippen LogP contribution in [0.4, 0.5) is 4.39 Å². The number of nitrogens with zero attached hydrogens (tertiary/aromatic N) is 3. The Kier molecular flexibility index (Phi) is 7.73. The van der Waals surface area contributed by atoms with Gasteiger partial charge in [-0.15, -0.1) is 0 Å². The van der Waals surface area contributed by atoms with E-state index in [0.29, 0.717) is 22.5 Å². The van der Waals surface area contributed by atoms with Crippen molar-refractivity contribution < 1.29 is 13.9 Å². The van der Waals surface area contributed by atoms with Gasteiger partial charge in [-0.2, -0.15) is 9.78 Å². The monoisotopic (exact) mass is 535 g/mol. The lowest BCUT2D eigenvalue weighted by molar-refractivity contribution is 0.305. The number of benzene rings is 4. The number of para-hydroxylation sites is 1. The zero-order chi connectivity index (χ0) is 28.2. The third-order valence-electron chi connectivity index (χ3n) is 6.69. The Morgan fingerprint density at radius 2 is 1.77 bits per heavy atom. The van der Waals surface area contributed by atoms with Gasteiger partial charge in [0.2, 0.25) is 0 Å². The molecule has 202 valence electrons. The zero-order valence-electron chi connectivity index (χ0n) is 22.9. The van der Waals surface area contributed by atoms with Gasteiger partial charge in [0.1, 0.15) is 23.9 Å². The molecule has 7 heteroatoms. The lowest BCUT2D eigenvalue weighted by Crippen LogP contribution is -2.20. The van der Waals surface area contributed by atoms with Gasteiger partial charge in [0.15, 0.2) is 5.82 Å². The van der Waals surface area contributed by atoms with Gasteiger partial charge in [-0.3, -0.25) is 4.79 Å². The van der Waals surface area contributed by atoms with Crippen molar-refractivity contribution in [2.45, 2.75) is 33.3 Å². The summed E-state index contributed by atoms with van der Waals surface area (Å²) in [7, 11) is 1.66. The molecule has 0 fully saturated rings. The highest BCUT2D eigenvalue weighted by molar-refractivity contribution is 5.82. The second-order valence-corrected chi connectivity index (χ2v) is 9.87. The van der Waals surface area contributed by atoms with Crippen LogP contribution in [0.1, 0.15) is 42.0 Å². The van der Waals surface area contributed by atoms with Gasteiger partial charge >= 0.3 is 0 Å². The lowest BCUT2D eigenvalue weighted by atomic mass is 9.96. The Labute approximate surface area is 232 Å². The van der Waals surface area contributed by atoms with E-state index in [9.17, 15) is 9.18 Å². The van der Waals surface area contributed by atoms with E-state index in [1.807, 2.05) is 67.6 Å². The van der Waals surface area contributed by atoms with E-state index in [-0.39, 0.29) is 23.9 Å². The van der Waals surface area contributed by atoms with Gasteiger partial charge in [0.25, 0.3) is 5.56 Å². The van der Waals surface area contributed by atoms with Crippen molar-refractivity contribution in [3.05, 3.63) is 123 Å². The topological polar surface area (TPSA) is 65.7 Å². The molecule has 1 heterocycles. The van der Waals surface area contributed by atoms with Crippen molar-refractivity contribution in [1.29, 1.82) is 0 Å². The molecule has 0 aliphatic rings. The summed E-state index contributed by atoms with van der Waals surface area (Å²) in [6, 6.07) is 24.9. The molecule has 0 N–H and O–H groups in total. The summed E-state index contributed by atoms with van der Waals surface area (Å²) in [4.78, 5) is 18.5. The van der Waals surface area contributed by atoms with Gasteiger partial charge in [-0.25, -0.2) is 9.37 Å². The fourth-order valence-electron chi connectivity index (χ4n) is 4.54. The van der Waals surface area contributed by atoms with Crippen LogP contribution in [0, 0.1) is 12.7 Å². The van der Waals surface area contributed by atoms with E-state index in [1.165, 1.54) is 16.8 Å². The van der Waals surface area contributed by atoms with Crippen LogP contribution < -0.4 is 15.0 Å². The van der Waals surface area contributed by atoms with Crippen molar-refractivity contribution in [2.75, 3.05) is 7.11 Å². The smallest absolute Gasteiger partial charge is 0.282 e.